The topological polar surface area (TPSA) is 20.2 Å². The van der Waals surface area contributed by atoms with Gasteiger partial charge in [-0.1, -0.05) is 0 Å². The van der Waals surface area contributed by atoms with Crippen LogP contribution in [0.5, 0.6) is 0 Å². The molecule has 0 saturated carbocycles. The van der Waals surface area contributed by atoms with Crippen LogP contribution < -0.4 is 0 Å². The van der Waals surface area contributed by atoms with Gasteiger partial charge in [0.05, 0.1) is 0 Å². The van der Waals surface area contributed by atoms with E-state index in [1.807, 2.05) is 0 Å². The van der Waals surface area contributed by atoms with E-state index in [0.717, 1.165) is 20.8 Å². The van der Waals surface area contributed by atoms with Gasteiger partial charge in [-0.05, 0) is 0 Å². The summed E-state index contributed by atoms with van der Waals surface area (Å²) in [6.45, 7) is 0. The van der Waals surface area contributed by atoms with Crippen LogP contribution in [0.25, 0.3) is 0 Å². The van der Waals surface area contributed by atoms with Crippen LogP contribution >= 0.6 is 0 Å². The predicted molar refractivity (Wildman–Crippen MR) is 2.22 cm³/mol. The van der Waals surface area contributed by atoms with Crippen molar-refractivity contribution < 1.29 is 56.5 Å². The van der Waals surface area contributed by atoms with E-state index in [1.54, 1.807) is 0 Å². The van der Waals surface area contributed by atoms with Crippen molar-refractivity contribution in [3.8, 4) is 0 Å². The molecule has 0 rings (SSSR count). The Labute approximate surface area is 56.0 Å². The van der Waals surface area contributed by atoms with Crippen LogP contribution in [0.2, 0.25) is 0 Å². The van der Waals surface area contributed by atoms with Crippen molar-refractivity contribution in [2.45, 2.75) is 0 Å². The molecule has 0 heterocycles. The fourth-order valence-electron chi connectivity index (χ4n) is 0. The van der Waals surface area contributed by atoms with Gasteiger partial charge in [0.25, 0.3) is 0 Å². The fourth-order valence-corrected chi connectivity index (χ4v) is 0. The molecule has 4 heavy (non-hydrogen) atoms. The van der Waals surface area contributed by atoms with Crippen LogP contribution in [0.4, 0.5) is 0 Å². The molecule has 0 fully saturated rings. The Balaban J connectivity index is 0. The van der Waals surface area contributed by atoms with Crippen LogP contribution in [0.3, 0.4) is 0 Å². The van der Waals surface area contributed by atoms with Crippen molar-refractivity contribution in [1.29, 1.82) is 0 Å². The van der Waals surface area contributed by atoms with Gasteiger partial charge in [-0.15, -0.1) is 0 Å². The third-order valence-corrected chi connectivity index (χ3v) is 0. The minimum atomic E-state index is 1.00. The van der Waals surface area contributed by atoms with E-state index in [9.17, 15) is 0 Å². The van der Waals surface area contributed by atoms with Crippen LogP contribution in [0.1, 0.15) is 0 Å². The molecule has 0 aliphatic carbocycles. The second kappa shape index (κ2) is 20.4. The van der Waals surface area contributed by atoms with Crippen LogP contribution in [0.15, 0.2) is 0 Å². The molecule has 0 aliphatic rings. The molecular weight excluding hydrogens is 213 g/mol. The van der Waals surface area contributed by atoms with E-state index in [4.69, 9.17) is 3.69 Å². The molecule has 0 aromatic carbocycles. The third-order valence-electron chi connectivity index (χ3n) is 0. The molecule has 0 amide bonds. The molecule has 0 aromatic heterocycles. The summed E-state index contributed by atoms with van der Waals surface area (Å²) >= 11 is 5.80. The molecule has 0 atom stereocenters. The van der Waals surface area contributed by atoms with Crippen molar-refractivity contribution in [2.24, 2.45) is 0 Å². The van der Waals surface area contributed by atoms with Gasteiger partial charge >= 0.3 is 56.5 Å². The van der Waals surface area contributed by atoms with Crippen LogP contribution in [-0.4, -0.2) is 3.69 Å². The summed E-state index contributed by atoms with van der Waals surface area (Å²) in [5.74, 6) is 0. The summed E-state index contributed by atoms with van der Waals surface area (Å²) in [6, 6.07) is 0. The van der Waals surface area contributed by atoms with Gasteiger partial charge in [0.2, 0.25) is 0 Å². The molecule has 0 radical (unpaired) electrons. The first-order valence-corrected chi connectivity index (χ1v) is 4.78. The second-order valence-corrected chi connectivity index (χ2v) is 0. The summed E-state index contributed by atoms with van der Waals surface area (Å²) in [5.41, 5.74) is 0. The maximum absolute atomic E-state index is 7.00. The molecule has 1 N–H and O–H groups in total. The number of hydrogen-bond donors (Lipinski definition) is 1. The zero-order chi connectivity index (χ0) is 4.00. The summed E-state index contributed by atoms with van der Waals surface area (Å²) in [4.78, 5) is 0. The molecular formula is HFeNbOTi. The molecule has 0 unspecified atom stereocenters. The quantitative estimate of drug-likeness (QED) is 0.535. The first-order chi connectivity index (χ1) is 2.00. The van der Waals surface area contributed by atoms with Crippen molar-refractivity contribution in [2.75, 3.05) is 0 Å². The summed E-state index contributed by atoms with van der Waals surface area (Å²) in [7, 11) is 0. The maximum atomic E-state index is 7.00. The summed E-state index contributed by atoms with van der Waals surface area (Å²) in [6.07, 6.45) is 0. The normalized spacial score (nSPS) is 2.25. The number of rotatable bonds is 0. The number of hydrogen-bond acceptors (Lipinski definition) is 1. The van der Waals surface area contributed by atoms with Gasteiger partial charge in [-0.25, -0.2) is 0 Å². The van der Waals surface area contributed by atoms with E-state index in [2.05, 4.69) is 13.1 Å². The van der Waals surface area contributed by atoms with Crippen LogP contribution in [-0.2, 0) is 52.8 Å². The average molecular weight is 214 g/mol. The molecule has 0 aliphatic heterocycles. The monoisotopic (exact) mass is 214 g/mol. The Morgan fingerprint density at radius 3 is 1.50 bits per heavy atom. The Morgan fingerprint density at radius 1 is 1.50 bits per heavy atom. The Morgan fingerprint density at radius 2 is 1.50 bits per heavy atom. The van der Waals surface area contributed by atoms with Gasteiger partial charge < -0.3 is 0 Å². The van der Waals surface area contributed by atoms with Crippen molar-refractivity contribution >= 4 is 0 Å². The zero-order valence-electron chi connectivity index (χ0n) is 1.75. The van der Waals surface area contributed by atoms with Gasteiger partial charge in [-0.3, -0.25) is 0 Å². The van der Waals surface area contributed by atoms with Crippen LogP contribution in [0, 0.1) is 0 Å². The average Bonchev–Trinajstić information content (AvgIpc) is 1.50. The first kappa shape index (κ1) is 9.33. The van der Waals surface area contributed by atoms with E-state index in [-0.39, 0.29) is 0 Å². The van der Waals surface area contributed by atoms with Gasteiger partial charge in [-0.2, -0.15) is 0 Å². The Hall–Kier alpha value is 1.93. The van der Waals surface area contributed by atoms with Crippen molar-refractivity contribution in [3.05, 3.63) is 0 Å². The Bertz CT molecular complexity index is 8.00. The van der Waals surface area contributed by atoms with E-state index >= 15 is 0 Å². The summed E-state index contributed by atoms with van der Waals surface area (Å²) < 4.78 is 7.00. The third kappa shape index (κ3) is 9.05. The molecule has 1 nitrogen and oxygen atoms in total. The van der Waals surface area contributed by atoms with Gasteiger partial charge in [0.15, 0.2) is 0 Å². The van der Waals surface area contributed by atoms with Gasteiger partial charge in [0, 0.05) is 0 Å². The fraction of sp³-hybridized carbons (Fsp3) is 0. The van der Waals surface area contributed by atoms with Gasteiger partial charge in [0.1, 0.15) is 0 Å². The standard InChI is InChI=1S/Fe.Nb.H2O.Ti/h;;1H2;/q;;;+1/p-1. The SMILES string of the molecule is [Fe][Nb].[OH][Ti]. The second-order valence-electron chi connectivity index (χ2n) is 0. The van der Waals surface area contributed by atoms with E-state index < -0.39 is 0 Å². The molecule has 0 spiro atoms. The van der Waals surface area contributed by atoms with E-state index in [0.29, 0.717) is 0 Å². The zero-order valence-corrected chi connectivity index (χ0v) is 6.61. The minimum absolute atomic E-state index is 1.00. The molecule has 0 aromatic rings. The molecule has 4 heteroatoms. The summed E-state index contributed by atoms with van der Waals surface area (Å²) in [5, 5.41) is 0. The van der Waals surface area contributed by atoms with E-state index in [1.165, 1.54) is 18.9 Å². The van der Waals surface area contributed by atoms with Crippen molar-refractivity contribution in [1.82, 2.24) is 0 Å². The predicted octanol–water partition coefficient (Wildman–Crippen LogP) is -0.565. The molecule has 24 valence electrons. The Kier molecular flexibility index (Phi) is 47.6. The van der Waals surface area contributed by atoms with Crippen molar-refractivity contribution in [3.63, 3.8) is 0 Å². The first-order valence-electron chi connectivity index (χ1n) is 0.382. The molecule has 0 bridgehead atoms. The molecule has 0 saturated heterocycles.